The molecule has 0 saturated heterocycles. The summed E-state index contributed by atoms with van der Waals surface area (Å²) in [6.45, 7) is 4.23. The SMILES string of the molecule is Cc1ccc(/C=C/c2nn3c(-c4ccco4)nnc3s2)cc1C. The van der Waals surface area contributed by atoms with Gasteiger partial charge in [-0.3, -0.25) is 0 Å². The van der Waals surface area contributed by atoms with Crippen molar-refractivity contribution >= 4 is 28.4 Å². The second kappa shape index (κ2) is 5.48. The predicted octanol–water partition coefficient (Wildman–Crippen LogP) is 4.23. The molecule has 0 saturated carbocycles. The maximum atomic E-state index is 5.37. The van der Waals surface area contributed by atoms with Crippen LogP contribution in [0, 0.1) is 13.8 Å². The van der Waals surface area contributed by atoms with Gasteiger partial charge in [0.05, 0.1) is 6.26 Å². The number of furan rings is 1. The second-order valence-corrected chi connectivity index (χ2v) is 6.30. The second-order valence-electron chi connectivity index (χ2n) is 5.31. The Labute approximate surface area is 136 Å². The summed E-state index contributed by atoms with van der Waals surface area (Å²) >= 11 is 1.49. The van der Waals surface area contributed by atoms with Gasteiger partial charge < -0.3 is 4.42 Å². The quantitative estimate of drug-likeness (QED) is 0.566. The van der Waals surface area contributed by atoms with E-state index >= 15 is 0 Å². The zero-order valence-corrected chi connectivity index (χ0v) is 13.5. The van der Waals surface area contributed by atoms with Gasteiger partial charge in [-0.1, -0.05) is 35.6 Å². The molecule has 0 amide bonds. The lowest BCUT2D eigenvalue weighted by atomic mass is 10.1. The Hall–Kier alpha value is -2.73. The molecule has 0 N–H and O–H groups in total. The Balaban J connectivity index is 1.67. The van der Waals surface area contributed by atoms with Crippen LogP contribution in [-0.2, 0) is 0 Å². The highest BCUT2D eigenvalue weighted by Crippen LogP contribution is 2.23. The van der Waals surface area contributed by atoms with Crippen LogP contribution in [0.4, 0.5) is 0 Å². The van der Waals surface area contributed by atoms with Gasteiger partial charge in [-0.05, 0) is 48.7 Å². The van der Waals surface area contributed by atoms with E-state index in [1.165, 1.54) is 22.5 Å². The van der Waals surface area contributed by atoms with Crippen LogP contribution in [0.5, 0.6) is 0 Å². The Morgan fingerprint density at radius 2 is 2.00 bits per heavy atom. The van der Waals surface area contributed by atoms with Crippen molar-refractivity contribution in [3.8, 4) is 11.6 Å². The van der Waals surface area contributed by atoms with Gasteiger partial charge in [-0.2, -0.15) is 9.61 Å². The smallest absolute Gasteiger partial charge is 0.235 e. The minimum absolute atomic E-state index is 0.618. The number of aromatic nitrogens is 4. The van der Waals surface area contributed by atoms with Gasteiger partial charge in [-0.25, -0.2) is 0 Å². The summed E-state index contributed by atoms with van der Waals surface area (Å²) in [4.78, 5) is 0.746. The first-order chi connectivity index (χ1) is 11.2. The lowest BCUT2D eigenvalue weighted by molar-refractivity contribution is 0.575. The summed E-state index contributed by atoms with van der Waals surface area (Å²) in [6.07, 6.45) is 5.67. The molecule has 6 heteroatoms. The topological polar surface area (TPSA) is 56.2 Å². The molecular weight excluding hydrogens is 308 g/mol. The van der Waals surface area contributed by atoms with E-state index in [0.29, 0.717) is 11.6 Å². The molecule has 0 bridgehead atoms. The van der Waals surface area contributed by atoms with Crippen LogP contribution in [-0.4, -0.2) is 19.8 Å². The molecule has 4 rings (SSSR count). The first kappa shape index (κ1) is 13.9. The highest BCUT2D eigenvalue weighted by molar-refractivity contribution is 7.17. The molecular formula is C17H14N4OS. The Morgan fingerprint density at radius 1 is 1.09 bits per heavy atom. The van der Waals surface area contributed by atoms with E-state index < -0.39 is 0 Å². The first-order valence-electron chi connectivity index (χ1n) is 7.22. The van der Waals surface area contributed by atoms with Gasteiger partial charge in [-0.15, -0.1) is 10.2 Å². The van der Waals surface area contributed by atoms with E-state index in [1.807, 2.05) is 18.2 Å². The normalized spacial score (nSPS) is 11.7. The molecule has 0 spiro atoms. The van der Waals surface area contributed by atoms with E-state index in [-0.39, 0.29) is 0 Å². The fraction of sp³-hybridized carbons (Fsp3) is 0.118. The molecule has 5 nitrogen and oxygen atoms in total. The van der Waals surface area contributed by atoms with Crippen LogP contribution in [0.15, 0.2) is 41.0 Å². The van der Waals surface area contributed by atoms with Crippen LogP contribution in [0.25, 0.3) is 28.7 Å². The minimum atomic E-state index is 0.618. The molecule has 0 atom stereocenters. The standard InChI is InChI=1S/C17H14N4OS/c1-11-5-6-13(10-12(11)2)7-8-15-20-21-16(14-4-3-9-22-14)18-19-17(21)23-15/h3-10H,1-2H3/b8-7+. The largest absolute Gasteiger partial charge is 0.461 e. The maximum Gasteiger partial charge on any atom is 0.235 e. The van der Waals surface area contributed by atoms with Gasteiger partial charge >= 0.3 is 0 Å². The molecule has 1 aromatic carbocycles. The molecule has 3 aromatic heterocycles. The van der Waals surface area contributed by atoms with Crippen molar-refractivity contribution in [2.24, 2.45) is 0 Å². The average molecular weight is 322 g/mol. The van der Waals surface area contributed by atoms with Crippen LogP contribution >= 0.6 is 11.3 Å². The van der Waals surface area contributed by atoms with Crippen molar-refractivity contribution in [3.63, 3.8) is 0 Å². The monoisotopic (exact) mass is 322 g/mol. The van der Waals surface area contributed by atoms with E-state index in [2.05, 4.69) is 53.4 Å². The lowest BCUT2D eigenvalue weighted by Crippen LogP contribution is -1.89. The van der Waals surface area contributed by atoms with E-state index in [1.54, 1.807) is 10.8 Å². The molecule has 0 aliphatic rings. The van der Waals surface area contributed by atoms with E-state index in [9.17, 15) is 0 Å². The molecule has 0 aliphatic heterocycles. The minimum Gasteiger partial charge on any atom is -0.461 e. The Morgan fingerprint density at radius 3 is 2.78 bits per heavy atom. The summed E-state index contributed by atoms with van der Waals surface area (Å²) in [6, 6.07) is 10.1. The van der Waals surface area contributed by atoms with Crippen LogP contribution < -0.4 is 0 Å². The van der Waals surface area contributed by atoms with E-state index in [0.717, 1.165) is 15.5 Å². The van der Waals surface area contributed by atoms with Gasteiger partial charge in [0.15, 0.2) is 5.76 Å². The number of rotatable bonds is 3. The highest BCUT2D eigenvalue weighted by atomic mass is 32.1. The number of nitrogens with zero attached hydrogens (tertiary/aromatic N) is 4. The predicted molar refractivity (Wildman–Crippen MR) is 91.2 cm³/mol. The summed E-state index contributed by atoms with van der Waals surface area (Å²) < 4.78 is 7.08. The van der Waals surface area contributed by atoms with Crippen molar-refractivity contribution in [2.45, 2.75) is 13.8 Å². The number of hydrogen-bond donors (Lipinski definition) is 0. The molecule has 0 aliphatic carbocycles. The fourth-order valence-corrected chi connectivity index (χ4v) is 3.04. The van der Waals surface area contributed by atoms with Gasteiger partial charge in [0.25, 0.3) is 0 Å². The third-order valence-electron chi connectivity index (χ3n) is 3.70. The van der Waals surface area contributed by atoms with Crippen LogP contribution in [0.3, 0.4) is 0 Å². The van der Waals surface area contributed by atoms with Gasteiger partial charge in [0.1, 0.15) is 5.01 Å². The number of hydrogen-bond acceptors (Lipinski definition) is 5. The van der Waals surface area contributed by atoms with Gasteiger partial charge in [0.2, 0.25) is 10.8 Å². The molecule has 0 fully saturated rings. The van der Waals surface area contributed by atoms with Crippen molar-refractivity contribution < 1.29 is 4.42 Å². The average Bonchev–Trinajstić information content (AvgIpc) is 3.24. The summed E-state index contributed by atoms with van der Waals surface area (Å²) in [7, 11) is 0. The molecule has 114 valence electrons. The number of aryl methyl sites for hydroxylation is 2. The molecule has 0 radical (unpaired) electrons. The van der Waals surface area contributed by atoms with Crippen molar-refractivity contribution in [1.82, 2.24) is 19.8 Å². The fourth-order valence-electron chi connectivity index (χ4n) is 2.29. The third kappa shape index (κ3) is 2.57. The zero-order chi connectivity index (χ0) is 15.8. The van der Waals surface area contributed by atoms with E-state index in [4.69, 9.17) is 4.42 Å². The zero-order valence-electron chi connectivity index (χ0n) is 12.7. The summed E-state index contributed by atoms with van der Waals surface area (Å²) in [5, 5.41) is 13.7. The summed E-state index contributed by atoms with van der Waals surface area (Å²) in [5.74, 6) is 1.28. The summed E-state index contributed by atoms with van der Waals surface area (Å²) in [5.41, 5.74) is 3.74. The number of benzene rings is 1. The van der Waals surface area contributed by atoms with Crippen LogP contribution in [0.1, 0.15) is 21.7 Å². The molecule has 23 heavy (non-hydrogen) atoms. The maximum absolute atomic E-state index is 5.37. The van der Waals surface area contributed by atoms with Crippen molar-refractivity contribution in [3.05, 3.63) is 58.3 Å². The Kier molecular flexibility index (Phi) is 3.31. The highest BCUT2D eigenvalue weighted by Gasteiger charge is 2.14. The first-order valence-corrected chi connectivity index (χ1v) is 8.04. The van der Waals surface area contributed by atoms with Crippen molar-refractivity contribution in [2.75, 3.05) is 0 Å². The lowest BCUT2D eigenvalue weighted by Gasteiger charge is -2.00. The molecule has 3 heterocycles. The van der Waals surface area contributed by atoms with Gasteiger partial charge in [0, 0.05) is 0 Å². The molecule has 0 unspecified atom stereocenters. The third-order valence-corrected chi connectivity index (χ3v) is 4.56. The Bertz CT molecular complexity index is 995. The molecule has 4 aromatic rings. The number of fused-ring (bicyclic) bond motifs is 1. The van der Waals surface area contributed by atoms with Crippen LogP contribution in [0.2, 0.25) is 0 Å². The van der Waals surface area contributed by atoms with Crippen molar-refractivity contribution in [1.29, 1.82) is 0 Å².